The number of amides is 1. The summed E-state index contributed by atoms with van der Waals surface area (Å²) in [5.74, 6) is -0.480. The number of nitrogens with zero attached hydrogens (tertiary/aromatic N) is 3. The van der Waals surface area contributed by atoms with Gasteiger partial charge in [-0.05, 0) is 6.92 Å². The van der Waals surface area contributed by atoms with Crippen LogP contribution in [0, 0.1) is 6.92 Å². The molecule has 0 radical (unpaired) electrons. The quantitative estimate of drug-likeness (QED) is 0.504. The Morgan fingerprint density at radius 3 is 2.28 bits per heavy atom. The highest BCUT2D eigenvalue weighted by Crippen LogP contribution is 2.33. The normalized spacial score (nSPS) is 10.7. The van der Waals surface area contributed by atoms with Crippen molar-refractivity contribution in [2.45, 2.75) is 6.92 Å². The Labute approximate surface area is 171 Å². The summed E-state index contributed by atoms with van der Waals surface area (Å²) < 4.78 is 1.59. The van der Waals surface area contributed by atoms with Crippen molar-refractivity contribution in [2.24, 2.45) is 7.05 Å². The molecule has 0 saturated heterocycles. The molecule has 0 aliphatic rings. The maximum atomic E-state index is 13.1. The lowest BCUT2D eigenvalue weighted by Crippen LogP contribution is -2.14. The number of carbonyl (C=O) groups is 2. The van der Waals surface area contributed by atoms with Gasteiger partial charge in [0.05, 0.1) is 5.69 Å². The zero-order valence-electron chi connectivity index (χ0n) is 15.9. The van der Waals surface area contributed by atoms with Crippen LogP contribution in [0.25, 0.3) is 11.3 Å². The Balaban J connectivity index is 1.73. The molecule has 0 fully saturated rings. The van der Waals surface area contributed by atoms with Crippen molar-refractivity contribution < 1.29 is 9.59 Å². The molecule has 1 N–H and O–H groups in total. The number of aromatic nitrogens is 3. The molecule has 144 valence electrons. The fraction of sp³-hybridized carbons (Fsp3) is 0.0909. The first-order chi connectivity index (χ1) is 14.0. The molecule has 4 rings (SSSR count). The van der Waals surface area contributed by atoms with Gasteiger partial charge in [0, 0.05) is 29.9 Å². The predicted molar refractivity (Wildman–Crippen MR) is 113 cm³/mol. The van der Waals surface area contributed by atoms with Crippen LogP contribution in [0.2, 0.25) is 0 Å². The molecule has 0 bridgehead atoms. The van der Waals surface area contributed by atoms with Gasteiger partial charge in [-0.2, -0.15) is 5.10 Å². The first-order valence-electron chi connectivity index (χ1n) is 9.00. The highest BCUT2D eigenvalue weighted by molar-refractivity contribution is 7.18. The lowest BCUT2D eigenvalue weighted by molar-refractivity contribution is 0.101. The van der Waals surface area contributed by atoms with Gasteiger partial charge in [0.1, 0.15) is 4.88 Å². The summed E-state index contributed by atoms with van der Waals surface area (Å²) in [5.41, 5.74) is 3.05. The molecule has 29 heavy (non-hydrogen) atoms. The van der Waals surface area contributed by atoms with Crippen LogP contribution in [-0.4, -0.2) is 26.5 Å². The van der Waals surface area contributed by atoms with Gasteiger partial charge < -0.3 is 0 Å². The number of ketones is 1. The highest BCUT2D eigenvalue weighted by atomic mass is 32.1. The Hall–Kier alpha value is -3.58. The fourth-order valence-electron chi connectivity index (χ4n) is 3.03. The average molecular weight is 402 g/mol. The van der Waals surface area contributed by atoms with Gasteiger partial charge in [-0.1, -0.05) is 72.0 Å². The van der Waals surface area contributed by atoms with E-state index in [1.165, 1.54) is 11.3 Å². The summed E-state index contributed by atoms with van der Waals surface area (Å²) in [7, 11) is 1.76. The second kappa shape index (κ2) is 7.81. The van der Waals surface area contributed by atoms with Crippen LogP contribution in [0.1, 0.15) is 31.3 Å². The summed E-state index contributed by atoms with van der Waals surface area (Å²) >= 11 is 1.17. The molecule has 6 nitrogen and oxygen atoms in total. The van der Waals surface area contributed by atoms with E-state index in [-0.39, 0.29) is 11.7 Å². The van der Waals surface area contributed by atoms with E-state index in [9.17, 15) is 9.59 Å². The molecule has 0 saturated carbocycles. The lowest BCUT2D eigenvalue weighted by Gasteiger charge is -2.02. The van der Waals surface area contributed by atoms with Crippen LogP contribution < -0.4 is 5.32 Å². The third-order valence-corrected chi connectivity index (χ3v) is 5.33. The summed E-state index contributed by atoms with van der Waals surface area (Å²) in [6.07, 6.45) is 1.77. The molecule has 2 aromatic heterocycles. The van der Waals surface area contributed by atoms with Crippen LogP contribution in [0.3, 0.4) is 0 Å². The molecule has 1 amide bonds. The molecule has 7 heteroatoms. The Morgan fingerprint density at radius 1 is 1.00 bits per heavy atom. The first-order valence-corrected chi connectivity index (χ1v) is 9.82. The van der Waals surface area contributed by atoms with Crippen molar-refractivity contribution in [1.82, 2.24) is 14.8 Å². The minimum atomic E-state index is -0.352. The van der Waals surface area contributed by atoms with Crippen molar-refractivity contribution in [3.63, 3.8) is 0 Å². The third kappa shape index (κ3) is 3.86. The number of aryl methyl sites for hydroxylation is 2. The molecule has 0 aliphatic heterocycles. The van der Waals surface area contributed by atoms with E-state index in [0.717, 1.165) is 11.1 Å². The zero-order chi connectivity index (χ0) is 20.4. The van der Waals surface area contributed by atoms with E-state index in [0.29, 0.717) is 27.0 Å². The van der Waals surface area contributed by atoms with Gasteiger partial charge >= 0.3 is 0 Å². The van der Waals surface area contributed by atoms with Gasteiger partial charge in [-0.25, -0.2) is 4.98 Å². The van der Waals surface area contributed by atoms with Crippen molar-refractivity contribution in [1.29, 1.82) is 0 Å². The Morgan fingerprint density at radius 2 is 1.66 bits per heavy atom. The number of thiazole rings is 1. The monoisotopic (exact) mass is 402 g/mol. The molecular formula is C22H18N4O2S. The highest BCUT2D eigenvalue weighted by Gasteiger charge is 2.22. The van der Waals surface area contributed by atoms with E-state index < -0.39 is 0 Å². The number of hydrogen-bond donors (Lipinski definition) is 1. The van der Waals surface area contributed by atoms with Gasteiger partial charge in [0.2, 0.25) is 5.78 Å². The molecule has 0 spiro atoms. The van der Waals surface area contributed by atoms with Gasteiger partial charge in [-0.3, -0.25) is 19.6 Å². The standard InChI is InChI=1S/C22H18N4O2S/c1-14-13-26(2)25-17(14)21(28)24-22-23-18(15-9-5-3-6-10-15)20(29-22)19(27)16-11-7-4-8-12-16/h3-13H,1-2H3,(H,23,24,28). The molecular weight excluding hydrogens is 384 g/mol. The lowest BCUT2D eigenvalue weighted by atomic mass is 10.1. The first kappa shape index (κ1) is 18.8. The number of benzene rings is 2. The fourth-order valence-corrected chi connectivity index (χ4v) is 3.97. The topological polar surface area (TPSA) is 76.9 Å². The third-order valence-electron chi connectivity index (χ3n) is 4.36. The molecule has 2 heterocycles. The van der Waals surface area contributed by atoms with E-state index in [1.54, 1.807) is 30.1 Å². The maximum absolute atomic E-state index is 13.1. The second-order valence-corrected chi connectivity index (χ2v) is 7.55. The van der Waals surface area contributed by atoms with Crippen LogP contribution in [-0.2, 0) is 7.05 Å². The van der Waals surface area contributed by atoms with E-state index in [1.807, 2.05) is 55.5 Å². The van der Waals surface area contributed by atoms with Gasteiger partial charge in [0.15, 0.2) is 10.8 Å². The van der Waals surface area contributed by atoms with Crippen molar-refractivity contribution in [2.75, 3.05) is 5.32 Å². The number of rotatable bonds is 5. The van der Waals surface area contributed by atoms with Crippen LogP contribution in [0.4, 0.5) is 5.13 Å². The molecule has 0 aliphatic carbocycles. The molecule has 0 atom stereocenters. The van der Waals surface area contributed by atoms with Crippen molar-refractivity contribution >= 4 is 28.2 Å². The number of nitrogens with one attached hydrogen (secondary N) is 1. The summed E-state index contributed by atoms with van der Waals surface area (Å²) in [6.45, 7) is 1.82. The van der Waals surface area contributed by atoms with Crippen molar-refractivity contribution in [3.8, 4) is 11.3 Å². The maximum Gasteiger partial charge on any atom is 0.278 e. The minimum absolute atomic E-state index is 0.128. The number of carbonyl (C=O) groups excluding carboxylic acids is 2. The van der Waals surface area contributed by atoms with Gasteiger partial charge in [-0.15, -0.1) is 0 Å². The number of anilines is 1. The van der Waals surface area contributed by atoms with Crippen LogP contribution >= 0.6 is 11.3 Å². The van der Waals surface area contributed by atoms with Crippen LogP contribution in [0.15, 0.2) is 66.9 Å². The Kier molecular flexibility index (Phi) is 5.05. The summed E-state index contributed by atoms with van der Waals surface area (Å²) in [6, 6.07) is 18.5. The summed E-state index contributed by atoms with van der Waals surface area (Å²) in [5, 5.41) is 7.34. The SMILES string of the molecule is Cc1cn(C)nc1C(=O)Nc1nc(-c2ccccc2)c(C(=O)c2ccccc2)s1. The zero-order valence-corrected chi connectivity index (χ0v) is 16.7. The smallest absolute Gasteiger partial charge is 0.278 e. The largest absolute Gasteiger partial charge is 0.296 e. The van der Waals surface area contributed by atoms with Crippen molar-refractivity contribution in [3.05, 3.63) is 88.6 Å². The Bertz CT molecular complexity index is 1180. The average Bonchev–Trinajstić information content (AvgIpc) is 3.31. The van der Waals surface area contributed by atoms with E-state index in [2.05, 4.69) is 15.4 Å². The molecule has 0 unspecified atom stereocenters. The molecule has 4 aromatic rings. The van der Waals surface area contributed by atoms with Gasteiger partial charge in [0.25, 0.3) is 5.91 Å². The minimum Gasteiger partial charge on any atom is -0.296 e. The summed E-state index contributed by atoms with van der Waals surface area (Å²) in [4.78, 5) is 30.8. The predicted octanol–water partition coefficient (Wildman–Crippen LogP) is 4.34. The second-order valence-electron chi connectivity index (χ2n) is 6.55. The van der Waals surface area contributed by atoms with E-state index >= 15 is 0 Å². The number of hydrogen-bond acceptors (Lipinski definition) is 5. The van der Waals surface area contributed by atoms with E-state index in [4.69, 9.17) is 0 Å². The molecule has 2 aromatic carbocycles. The van der Waals surface area contributed by atoms with Crippen LogP contribution in [0.5, 0.6) is 0 Å².